The summed E-state index contributed by atoms with van der Waals surface area (Å²) in [5.41, 5.74) is 11.0. The topological polar surface area (TPSA) is 63.3 Å². The van der Waals surface area contributed by atoms with Crippen molar-refractivity contribution in [1.29, 1.82) is 0 Å². The number of halogens is 1. The zero-order valence-electron chi connectivity index (χ0n) is 13.3. The monoisotopic (exact) mass is 442 g/mol. The van der Waals surface area contributed by atoms with E-state index < -0.39 is 0 Å². The zero-order valence-corrected chi connectivity index (χ0v) is 16.5. The largest absolute Gasteiger partial charge is 0.370 e. The normalized spacial score (nSPS) is 13.5. The molecule has 0 atom stereocenters. The number of rotatable bonds is 5. The van der Waals surface area contributed by atoms with Crippen molar-refractivity contribution in [3.8, 4) is 0 Å². The Morgan fingerprint density at radius 2 is 2.17 bits per heavy atom. The van der Waals surface area contributed by atoms with Crippen molar-refractivity contribution < 1.29 is 0 Å². The molecule has 3 rings (SSSR count). The molecular formula is C17H23IN4S. The van der Waals surface area contributed by atoms with Crippen molar-refractivity contribution in [1.82, 2.24) is 4.98 Å². The molecule has 1 aromatic carbocycles. The van der Waals surface area contributed by atoms with Crippen LogP contribution < -0.4 is 11.1 Å². The van der Waals surface area contributed by atoms with Gasteiger partial charge in [-0.05, 0) is 55.9 Å². The first-order valence-electron chi connectivity index (χ1n) is 7.80. The van der Waals surface area contributed by atoms with E-state index in [1.54, 1.807) is 11.3 Å². The second-order valence-corrected chi connectivity index (χ2v) is 6.66. The van der Waals surface area contributed by atoms with E-state index in [0.717, 1.165) is 30.8 Å². The highest BCUT2D eigenvalue weighted by molar-refractivity contribution is 14.0. The third kappa shape index (κ3) is 5.17. The van der Waals surface area contributed by atoms with Gasteiger partial charge in [-0.1, -0.05) is 6.07 Å². The minimum absolute atomic E-state index is 0. The molecule has 1 aliphatic rings. The van der Waals surface area contributed by atoms with Gasteiger partial charge in [0.2, 0.25) is 0 Å². The van der Waals surface area contributed by atoms with Crippen LogP contribution in [0.5, 0.6) is 0 Å². The van der Waals surface area contributed by atoms with Crippen LogP contribution in [-0.4, -0.2) is 17.5 Å². The van der Waals surface area contributed by atoms with Crippen LogP contribution in [0.2, 0.25) is 0 Å². The fourth-order valence-electron chi connectivity index (χ4n) is 2.78. The molecule has 0 saturated heterocycles. The Morgan fingerprint density at radius 3 is 2.96 bits per heavy atom. The maximum absolute atomic E-state index is 5.96. The number of nitrogens with zero attached hydrogens (tertiary/aromatic N) is 2. The number of guanidine groups is 1. The minimum atomic E-state index is 0. The first kappa shape index (κ1) is 18.2. The lowest BCUT2D eigenvalue weighted by atomic mass is 10.1. The molecule has 0 aliphatic heterocycles. The maximum Gasteiger partial charge on any atom is 0.193 e. The van der Waals surface area contributed by atoms with Crippen LogP contribution in [0.25, 0.3) is 0 Å². The molecule has 0 amide bonds. The van der Waals surface area contributed by atoms with Gasteiger partial charge in [-0.3, -0.25) is 4.99 Å². The van der Waals surface area contributed by atoms with Gasteiger partial charge in [0.25, 0.3) is 0 Å². The van der Waals surface area contributed by atoms with Crippen LogP contribution >= 0.6 is 35.3 Å². The van der Waals surface area contributed by atoms with Crippen molar-refractivity contribution in [3.63, 3.8) is 0 Å². The van der Waals surface area contributed by atoms with Crippen LogP contribution in [0, 0.1) is 6.92 Å². The number of nitrogens with two attached hydrogens (primary N) is 1. The number of nitrogens with one attached hydrogen (secondary N) is 1. The Hall–Kier alpha value is -1.15. The number of fused-ring (bicyclic) bond motifs is 1. The summed E-state index contributed by atoms with van der Waals surface area (Å²) in [6, 6.07) is 6.48. The van der Waals surface area contributed by atoms with E-state index in [9.17, 15) is 0 Å². The van der Waals surface area contributed by atoms with Gasteiger partial charge >= 0.3 is 0 Å². The lowest BCUT2D eigenvalue weighted by molar-refractivity contribution is 0.823. The lowest BCUT2D eigenvalue weighted by Crippen LogP contribution is -2.23. The minimum Gasteiger partial charge on any atom is -0.370 e. The maximum atomic E-state index is 5.96. The van der Waals surface area contributed by atoms with E-state index in [2.05, 4.69) is 38.9 Å². The van der Waals surface area contributed by atoms with Gasteiger partial charge in [-0.2, -0.15) is 0 Å². The molecule has 6 heteroatoms. The predicted octanol–water partition coefficient (Wildman–Crippen LogP) is 3.92. The van der Waals surface area contributed by atoms with Crippen molar-refractivity contribution in [2.75, 3.05) is 11.9 Å². The molecule has 2 aromatic rings. The summed E-state index contributed by atoms with van der Waals surface area (Å²) in [5, 5.41) is 6.45. The van der Waals surface area contributed by atoms with Crippen molar-refractivity contribution in [2.45, 2.75) is 39.0 Å². The van der Waals surface area contributed by atoms with Gasteiger partial charge in [-0.25, -0.2) is 4.98 Å². The fourth-order valence-corrected chi connectivity index (χ4v) is 3.60. The molecule has 0 bridgehead atoms. The zero-order chi connectivity index (χ0) is 15.4. The highest BCUT2D eigenvalue weighted by atomic mass is 127. The number of benzene rings is 1. The number of hydrogen-bond acceptors (Lipinski definition) is 3. The molecule has 0 fully saturated rings. The summed E-state index contributed by atoms with van der Waals surface area (Å²) in [6.45, 7) is 2.75. The van der Waals surface area contributed by atoms with Crippen LogP contribution in [0.15, 0.2) is 28.6 Å². The molecule has 1 aliphatic carbocycles. The standard InChI is InChI=1S/C17H22N4S.HI/c1-12-11-22-16(20-12)6-3-9-19-17(18)21-15-8-7-13-4-2-5-14(13)10-15;/h7-8,10-11H,2-6,9H2,1H3,(H3,18,19,21);1H. The van der Waals surface area contributed by atoms with E-state index in [0.29, 0.717) is 5.96 Å². The first-order chi connectivity index (χ1) is 10.7. The van der Waals surface area contributed by atoms with Crippen LogP contribution in [0.3, 0.4) is 0 Å². The van der Waals surface area contributed by atoms with E-state index in [-0.39, 0.29) is 24.0 Å². The third-order valence-electron chi connectivity index (χ3n) is 3.87. The van der Waals surface area contributed by atoms with Crippen LogP contribution in [-0.2, 0) is 19.3 Å². The van der Waals surface area contributed by atoms with Crippen LogP contribution in [0.4, 0.5) is 5.69 Å². The van der Waals surface area contributed by atoms with Crippen molar-refractivity contribution in [3.05, 3.63) is 45.4 Å². The molecule has 0 spiro atoms. The fraction of sp³-hybridized carbons (Fsp3) is 0.412. The van der Waals surface area contributed by atoms with E-state index in [4.69, 9.17) is 5.73 Å². The Morgan fingerprint density at radius 1 is 1.35 bits per heavy atom. The highest BCUT2D eigenvalue weighted by Crippen LogP contribution is 2.24. The second-order valence-electron chi connectivity index (χ2n) is 5.72. The third-order valence-corrected chi connectivity index (χ3v) is 4.89. The quantitative estimate of drug-likeness (QED) is 0.319. The smallest absolute Gasteiger partial charge is 0.193 e. The van der Waals surface area contributed by atoms with Gasteiger partial charge in [0.1, 0.15) is 0 Å². The number of aliphatic imine (C=N–C) groups is 1. The molecule has 0 unspecified atom stereocenters. The summed E-state index contributed by atoms with van der Waals surface area (Å²) < 4.78 is 0. The summed E-state index contributed by atoms with van der Waals surface area (Å²) in [7, 11) is 0. The van der Waals surface area contributed by atoms with Gasteiger partial charge in [0.15, 0.2) is 5.96 Å². The van der Waals surface area contributed by atoms with Gasteiger partial charge in [0.05, 0.1) is 5.01 Å². The molecule has 0 radical (unpaired) electrons. The van der Waals surface area contributed by atoms with Gasteiger partial charge in [0, 0.05) is 29.7 Å². The number of thiazole rings is 1. The summed E-state index contributed by atoms with van der Waals surface area (Å²) >= 11 is 1.72. The van der Waals surface area contributed by atoms with E-state index >= 15 is 0 Å². The average Bonchev–Trinajstić information content (AvgIpc) is 3.12. The summed E-state index contributed by atoms with van der Waals surface area (Å²) in [5.74, 6) is 0.494. The molecular weight excluding hydrogens is 419 g/mol. The predicted molar refractivity (Wildman–Crippen MR) is 109 cm³/mol. The number of aryl methyl sites for hydroxylation is 4. The SMILES string of the molecule is Cc1csc(CCCN=C(N)Nc2ccc3c(c2)CCC3)n1.I. The Bertz CT molecular complexity index is 681. The van der Waals surface area contributed by atoms with Gasteiger partial charge < -0.3 is 11.1 Å². The summed E-state index contributed by atoms with van der Waals surface area (Å²) in [6.07, 6.45) is 5.58. The van der Waals surface area contributed by atoms with Crippen molar-refractivity contribution >= 4 is 47.0 Å². The first-order valence-corrected chi connectivity index (χ1v) is 8.68. The Labute approximate surface area is 158 Å². The summed E-state index contributed by atoms with van der Waals surface area (Å²) in [4.78, 5) is 8.85. The number of hydrogen-bond donors (Lipinski definition) is 2. The number of aromatic nitrogens is 1. The Kier molecular flexibility index (Phi) is 6.83. The molecule has 3 N–H and O–H groups in total. The molecule has 1 heterocycles. The van der Waals surface area contributed by atoms with E-state index in [1.807, 2.05) is 6.92 Å². The van der Waals surface area contributed by atoms with Crippen LogP contribution in [0.1, 0.15) is 34.7 Å². The van der Waals surface area contributed by atoms with Crippen molar-refractivity contribution in [2.24, 2.45) is 10.7 Å². The molecule has 4 nitrogen and oxygen atoms in total. The van der Waals surface area contributed by atoms with Gasteiger partial charge in [-0.15, -0.1) is 35.3 Å². The highest BCUT2D eigenvalue weighted by Gasteiger charge is 2.10. The molecule has 23 heavy (non-hydrogen) atoms. The second kappa shape index (κ2) is 8.63. The average molecular weight is 442 g/mol. The Balaban J connectivity index is 0.00000192. The van der Waals surface area contributed by atoms with E-state index in [1.165, 1.54) is 35.4 Å². The molecule has 124 valence electrons. The number of anilines is 1. The lowest BCUT2D eigenvalue weighted by Gasteiger charge is -2.07. The molecule has 0 saturated carbocycles. The molecule has 1 aromatic heterocycles.